The van der Waals surface area contributed by atoms with Gasteiger partial charge < -0.3 is 34.7 Å². The summed E-state index contributed by atoms with van der Waals surface area (Å²) in [5.74, 6) is -0.348. The van der Waals surface area contributed by atoms with E-state index < -0.39 is 11.5 Å². The molecule has 1 spiro atoms. The van der Waals surface area contributed by atoms with E-state index in [4.69, 9.17) is 29.4 Å². The standard InChI is InChI=1S/C26H44N2O7/c1-17(2)8-9-19-25(5,35-19)22-21(31-6)18(10-11-26(22)16-33-26)34-20(29)14-24(3,4)15-32-23(30)28-13-7-12-27/h8,18-19,21-22H,7,9-16,27H2,1-6H3,(H,28,30)/t18?,19-,21?,22?,25+,26+/m1/s1. The number of alkyl carbamates (subject to hydrolysis) is 1. The van der Waals surface area contributed by atoms with Crippen LogP contribution < -0.4 is 11.1 Å². The van der Waals surface area contributed by atoms with Gasteiger partial charge in [0.05, 0.1) is 31.7 Å². The maximum absolute atomic E-state index is 12.9. The van der Waals surface area contributed by atoms with Gasteiger partial charge in [-0.05, 0) is 53.0 Å². The monoisotopic (exact) mass is 496 g/mol. The average Bonchev–Trinajstić information content (AvgIpc) is 3.69. The van der Waals surface area contributed by atoms with Gasteiger partial charge in [-0.2, -0.15) is 0 Å². The number of epoxide rings is 2. The molecule has 0 radical (unpaired) electrons. The number of esters is 1. The van der Waals surface area contributed by atoms with Crippen LogP contribution in [0.2, 0.25) is 0 Å². The number of nitrogens with two attached hydrogens (primary N) is 1. The third-order valence-electron chi connectivity index (χ3n) is 7.39. The lowest BCUT2D eigenvalue weighted by atomic mass is 9.68. The second kappa shape index (κ2) is 11.2. The first-order chi connectivity index (χ1) is 16.5. The van der Waals surface area contributed by atoms with E-state index in [0.29, 0.717) is 32.5 Å². The Hall–Kier alpha value is -1.68. The Labute approximate surface area is 209 Å². The fraction of sp³-hybridized carbons (Fsp3) is 0.846. The van der Waals surface area contributed by atoms with Crippen molar-refractivity contribution in [3.05, 3.63) is 11.6 Å². The van der Waals surface area contributed by atoms with Crippen LogP contribution in [0, 0.1) is 11.3 Å². The summed E-state index contributed by atoms with van der Waals surface area (Å²) >= 11 is 0. The number of allylic oxidation sites excluding steroid dienone is 1. The first-order valence-electron chi connectivity index (χ1n) is 12.7. The molecule has 3 N–H and O–H groups in total. The van der Waals surface area contributed by atoms with E-state index in [0.717, 1.165) is 12.8 Å². The van der Waals surface area contributed by atoms with Crippen LogP contribution in [0.15, 0.2) is 11.6 Å². The molecule has 3 unspecified atom stereocenters. The molecule has 0 aromatic heterocycles. The molecule has 1 amide bonds. The van der Waals surface area contributed by atoms with Gasteiger partial charge in [0.15, 0.2) is 0 Å². The Morgan fingerprint density at radius 2 is 2.00 bits per heavy atom. The predicted molar refractivity (Wildman–Crippen MR) is 131 cm³/mol. The SMILES string of the molecule is COC1C(OC(=O)CC(C)(C)COC(=O)NCCCN)CC[C@]2(CO2)C1[C@@]1(C)O[C@@H]1CC=C(C)C. The zero-order valence-corrected chi connectivity index (χ0v) is 22.2. The number of methoxy groups -OCH3 is 1. The molecule has 35 heavy (non-hydrogen) atoms. The Kier molecular flexibility index (Phi) is 8.89. The molecule has 0 bridgehead atoms. The molecule has 2 aliphatic heterocycles. The zero-order valence-electron chi connectivity index (χ0n) is 22.2. The number of hydrogen-bond donors (Lipinski definition) is 2. The van der Waals surface area contributed by atoms with Crippen LogP contribution in [0.5, 0.6) is 0 Å². The molecular formula is C26H44N2O7. The van der Waals surface area contributed by atoms with Gasteiger partial charge in [0.25, 0.3) is 0 Å². The van der Waals surface area contributed by atoms with Gasteiger partial charge in [-0.25, -0.2) is 4.79 Å². The molecule has 3 rings (SSSR count). The second-order valence-corrected chi connectivity index (χ2v) is 11.4. The van der Waals surface area contributed by atoms with Crippen molar-refractivity contribution >= 4 is 12.1 Å². The summed E-state index contributed by atoms with van der Waals surface area (Å²) in [4.78, 5) is 24.7. The maximum atomic E-state index is 12.9. The van der Waals surface area contributed by atoms with Gasteiger partial charge in [-0.1, -0.05) is 25.5 Å². The number of carbonyl (C=O) groups is 2. The Balaban J connectivity index is 1.57. The van der Waals surface area contributed by atoms with E-state index in [9.17, 15) is 9.59 Å². The Morgan fingerprint density at radius 3 is 2.60 bits per heavy atom. The van der Waals surface area contributed by atoms with Gasteiger partial charge in [-0.3, -0.25) is 4.79 Å². The highest BCUT2D eigenvalue weighted by Crippen LogP contribution is 2.59. The van der Waals surface area contributed by atoms with Crippen LogP contribution >= 0.6 is 0 Å². The summed E-state index contributed by atoms with van der Waals surface area (Å²) in [5.41, 5.74) is 5.48. The third-order valence-corrected chi connectivity index (χ3v) is 7.39. The number of ether oxygens (including phenoxy) is 5. The van der Waals surface area contributed by atoms with Crippen molar-refractivity contribution in [2.75, 3.05) is 33.4 Å². The smallest absolute Gasteiger partial charge is 0.407 e. The van der Waals surface area contributed by atoms with Gasteiger partial charge >= 0.3 is 12.1 Å². The second-order valence-electron chi connectivity index (χ2n) is 11.4. The summed E-state index contributed by atoms with van der Waals surface area (Å²) < 4.78 is 29.4. The molecule has 9 nitrogen and oxygen atoms in total. The number of hydrogen-bond acceptors (Lipinski definition) is 8. The molecular weight excluding hydrogens is 452 g/mol. The lowest BCUT2D eigenvalue weighted by Crippen LogP contribution is -2.55. The normalized spacial score (nSPS) is 33.7. The largest absolute Gasteiger partial charge is 0.460 e. The van der Waals surface area contributed by atoms with Crippen LogP contribution in [0.4, 0.5) is 4.79 Å². The van der Waals surface area contributed by atoms with E-state index in [1.54, 1.807) is 7.11 Å². The van der Waals surface area contributed by atoms with E-state index in [-0.39, 0.29) is 54.4 Å². The summed E-state index contributed by atoms with van der Waals surface area (Å²) in [6.07, 6.45) is 4.22. The first kappa shape index (κ1) is 27.9. The van der Waals surface area contributed by atoms with E-state index in [2.05, 4.69) is 32.2 Å². The lowest BCUT2D eigenvalue weighted by Gasteiger charge is -2.42. The minimum absolute atomic E-state index is 0.0179. The number of nitrogens with one attached hydrogen (secondary N) is 1. The molecule has 2 saturated heterocycles. The third kappa shape index (κ3) is 6.96. The summed E-state index contributed by atoms with van der Waals surface area (Å²) in [6, 6.07) is 0. The van der Waals surface area contributed by atoms with Gasteiger partial charge in [0.1, 0.15) is 23.4 Å². The van der Waals surface area contributed by atoms with Crippen molar-refractivity contribution < 1.29 is 33.3 Å². The van der Waals surface area contributed by atoms with E-state index in [1.165, 1.54) is 5.57 Å². The average molecular weight is 497 g/mol. The van der Waals surface area contributed by atoms with Crippen molar-refractivity contribution in [1.82, 2.24) is 5.32 Å². The molecule has 0 aromatic rings. The van der Waals surface area contributed by atoms with Crippen molar-refractivity contribution in [2.45, 2.75) is 96.2 Å². The Morgan fingerprint density at radius 1 is 1.29 bits per heavy atom. The van der Waals surface area contributed by atoms with Crippen LogP contribution in [-0.2, 0) is 28.5 Å². The van der Waals surface area contributed by atoms with Gasteiger partial charge in [-0.15, -0.1) is 0 Å². The number of amides is 1. The summed E-state index contributed by atoms with van der Waals surface area (Å²) in [5, 5.41) is 2.64. The molecule has 1 aliphatic carbocycles. The molecule has 6 atom stereocenters. The highest BCUT2D eigenvalue weighted by molar-refractivity contribution is 5.71. The van der Waals surface area contributed by atoms with Gasteiger partial charge in [0, 0.05) is 19.1 Å². The highest BCUT2D eigenvalue weighted by Gasteiger charge is 2.72. The lowest BCUT2D eigenvalue weighted by molar-refractivity contribution is -0.174. The fourth-order valence-corrected chi connectivity index (χ4v) is 5.33. The molecule has 3 aliphatic rings. The van der Waals surface area contributed by atoms with Crippen LogP contribution in [0.1, 0.15) is 66.7 Å². The number of carbonyl (C=O) groups excluding carboxylic acids is 2. The number of rotatable bonds is 12. The van der Waals surface area contributed by atoms with Gasteiger partial charge in [0.2, 0.25) is 0 Å². The molecule has 1 saturated carbocycles. The Bertz CT molecular complexity index is 791. The zero-order chi connectivity index (χ0) is 25.9. The van der Waals surface area contributed by atoms with Crippen LogP contribution in [0.3, 0.4) is 0 Å². The molecule has 2 heterocycles. The molecule has 3 fully saturated rings. The minimum atomic E-state index is -0.569. The topological polar surface area (TPSA) is 125 Å². The van der Waals surface area contributed by atoms with Crippen LogP contribution in [0.25, 0.3) is 0 Å². The fourth-order valence-electron chi connectivity index (χ4n) is 5.33. The van der Waals surface area contributed by atoms with Crippen molar-refractivity contribution in [1.29, 1.82) is 0 Å². The predicted octanol–water partition coefficient (Wildman–Crippen LogP) is 3.10. The molecule has 200 valence electrons. The van der Waals surface area contributed by atoms with Crippen molar-refractivity contribution in [3.63, 3.8) is 0 Å². The summed E-state index contributed by atoms with van der Waals surface area (Å²) in [6.45, 7) is 11.8. The van der Waals surface area contributed by atoms with Crippen molar-refractivity contribution in [2.24, 2.45) is 17.1 Å². The maximum Gasteiger partial charge on any atom is 0.407 e. The van der Waals surface area contributed by atoms with Crippen molar-refractivity contribution in [3.8, 4) is 0 Å². The van der Waals surface area contributed by atoms with Crippen LogP contribution in [-0.4, -0.2) is 75.0 Å². The summed E-state index contributed by atoms with van der Waals surface area (Å²) in [7, 11) is 1.66. The molecule has 9 heteroatoms. The van der Waals surface area contributed by atoms with E-state index in [1.807, 2.05) is 13.8 Å². The highest BCUT2D eigenvalue weighted by atomic mass is 16.6. The minimum Gasteiger partial charge on any atom is -0.460 e. The first-order valence-corrected chi connectivity index (χ1v) is 12.7. The molecule has 0 aromatic carbocycles. The van der Waals surface area contributed by atoms with E-state index >= 15 is 0 Å². The quantitative estimate of drug-likeness (QED) is 0.183.